The van der Waals surface area contributed by atoms with Gasteiger partial charge in [-0.25, -0.2) is 0 Å². The second-order valence-corrected chi connectivity index (χ2v) is 4.81. The average molecular weight is 250 g/mol. The van der Waals surface area contributed by atoms with E-state index in [-0.39, 0.29) is 6.61 Å². The van der Waals surface area contributed by atoms with Crippen molar-refractivity contribution in [3.63, 3.8) is 0 Å². The largest absolute Gasteiger partial charge is 0.396 e. The van der Waals surface area contributed by atoms with Crippen LogP contribution in [0.2, 0.25) is 0 Å². The Kier molecular flexibility index (Phi) is 4.92. The van der Waals surface area contributed by atoms with Gasteiger partial charge in [0.15, 0.2) is 0 Å². The quantitative estimate of drug-likeness (QED) is 0.539. The van der Waals surface area contributed by atoms with Gasteiger partial charge in [-0.05, 0) is 37.9 Å². The number of nitrogens with zero attached hydrogens (tertiary/aromatic N) is 2. The molecule has 0 spiro atoms. The molecule has 0 saturated carbocycles. The molecule has 0 bridgehead atoms. The molecule has 100 valence electrons. The summed E-state index contributed by atoms with van der Waals surface area (Å²) in [4.78, 5) is 6.80. The first-order valence-corrected chi connectivity index (χ1v) is 6.60. The molecule has 1 fully saturated rings. The first-order valence-electron chi connectivity index (χ1n) is 6.60. The highest BCUT2D eigenvalue weighted by atomic mass is 16.3. The molecule has 0 amide bonds. The molecule has 2 rings (SSSR count). The molecule has 4 N–H and O–H groups in total. The maximum Gasteiger partial charge on any atom is 0.0565 e. The van der Waals surface area contributed by atoms with Crippen LogP contribution in [0.15, 0.2) is 18.3 Å². The maximum atomic E-state index is 9.12. The Hall–Kier alpha value is -1.17. The number of nitrogens with one attached hydrogen (secondary N) is 1. The third kappa shape index (κ3) is 3.41. The minimum absolute atomic E-state index is 0.263. The molecule has 1 aliphatic heterocycles. The van der Waals surface area contributed by atoms with Crippen LogP contribution in [-0.4, -0.2) is 34.2 Å². The van der Waals surface area contributed by atoms with Gasteiger partial charge in [0.25, 0.3) is 0 Å². The molecular weight excluding hydrogens is 228 g/mol. The van der Waals surface area contributed by atoms with Crippen molar-refractivity contribution in [1.82, 2.24) is 9.88 Å². The fourth-order valence-electron chi connectivity index (χ4n) is 2.61. The van der Waals surface area contributed by atoms with Crippen molar-refractivity contribution in [2.45, 2.75) is 38.3 Å². The van der Waals surface area contributed by atoms with Crippen LogP contribution >= 0.6 is 0 Å². The number of rotatable bonds is 5. The van der Waals surface area contributed by atoms with Crippen LogP contribution in [0.3, 0.4) is 0 Å². The molecule has 0 aromatic carbocycles. The van der Waals surface area contributed by atoms with Crippen molar-refractivity contribution in [3.05, 3.63) is 24.0 Å². The summed E-state index contributed by atoms with van der Waals surface area (Å²) in [6, 6.07) is 4.32. The molecule has 1 aromatic heterocycles. The number of piperidine rings is 1. The molecule has 1 unspecified atom stereocenters. The van der Waals surface area contributed by atoms with Gasteiger partial charge in [-0.3, -0.25) is 15.7 Å². The summed E-state index contributed by atoms with van der Waals surface area (Å²) in [6.07, 6.45) is 6.30. The average Bonchev–Trinajstić information content (AvgIpc) is 2.41. The van der Waals surface area contributed by atoms with E-state index in [9.17, 15) is 0 Å². The van der Waals surface area contributed by atoms with Gasteiger partial charge >= 0.3 is 0 Å². The molecular formula is C13H22N4O. The number of aliphatic hydroxyl groups is 1. The Balaban J connectivity index is 2.01. The Morgan fingerprint density at radius 2 is 2.39 bits per heavy atom. The topological polar surface area (TPSA) is 74.4 Å². The summed E-state index contributed by atoms with van der Waals surface area (Å²) >= 11 is 0. The van der Waals surface area contributed by atoms with Crippen molar-refractivity contribution in [3.8, 4) is 0 Å². The fourth-order valence-corrected chi connectivity index (χ4v) is 2.61. The summed E-state index contributed by atoms with van der Waals surface area (Å²) < 4.78 is 0. The van der Waals surface area contributed by atoms with Gasteiger partial charge in [-0.1, -0.05) is 6.42 Å². The normalized spacial score (nSPS) is 20.9. The number of likely N-dealkylation sites (tertiary alicyclic amines) is 1. The number of hydrogen-bond acceptors (Lipinski definition) is 5. The lowest BCUT2D eigenvalue weighted by Crippen LogP contribution is -2.39. The van der Waals surface area contributed by atoms with Gasteiger partial charge in [0.2, 0.25) is 0 Å². The lowest BCUT2D eigenvalue weighted by molar-refractivity contribution is 0.111. The van der Waals surface area contributed by atoms with Crippen molar-refractivity contribution < 1.29 is 5.11 Å². The third-order valence-electron chi connectivity index (χ3n) is 3.56. The lowest BCUT2D eigenvalue weighted by Gasteiger charge is -2.35. The highest BCUT2D eigenvalue weighted by Crippen LogP contribution is 2.21. The van der Waals surface area contributed by atoms with Crippen LogP contribution in [0.5, 0.6) is 0 Å². The van der Waals surface area contributed by atoms with E-state index in [1.165, 1.54) is 19.3 Å². The van der Waals surface area contributed by atoms with E-state index >= 15 is 0 Å². The van der Waals surface area contributed by atoms with E-state index in [4.69, 9.17) is 10.9 Å². The Morgan fingerprint density at radius 1 is 1.50 bits per heavy atom. The van der Waals surface area contributed by atoms with Crippen LogP contribution < -0.4 is 11.3 Å². The highest BCUT2D eigenvalue weighted by molar-refractivity contribution is 5.41. The van der Waals surface area contributed by atoms with Crippen LogP contribution in [0.25, 0.3) is 0 Å². The van der Waals surface area contributed by atoms with Gasteiger partial charge < -0.3 is 10.5 Å². The number of aromatic nitrogens is 1. The molecule has 1 saturated heterocycles. The number of nitrogens with two attached hydrogens (primary N) is 1. The van der Waals surface area contributed by atoms with E-state index in [0.29, 0.717) is 6.04 Å². The van der Waals surface area contributed by atoms with Crippen molar-refractivity contribution in [2.24, 2.45) is 5.84 Å². The molecule has 18 heavy (non-hydrogen) atoms. The predicted molar refractivity (Wildman–Crippen MR) is 71.8 cm³/mol. The maximum absolute atomic E-state index is 9.12. The lowest BCUT2D eigenvalue weighted by atomic mass is 9.99. The second kappa shape index (κ2) is 6.68. The molecule has 5 nitrogen and oxygen atoms in total. The van der Waals surface area contributed by atoms with E-state index in [1.54, 1.807) is 6.20 Å². The number of aliphatic hydroxyl groups excluding tert-OH is 1. The molecule has 1 aromatic rings. The van der Waals surface area contributed by atoms with Gasteiger partial charge in [0.05, 0.1) is 11.4 Å². The Labute approximate surface area is 108 Å². The van der Waals surface area contributed by atoms with Crippen LogP contribution in [0.1, 0.15) is 31.4 Å². The Bertz CT molecular complexity index is 370. The van der Waals surface area contributed by atoms with Gasteiger partial charge in [-0.15, -0.1) is 0 Å². The first-order chi connectivity index (χ1) is 8.83. The summed E-state index contributed by atoms with van der Waals surface area (Å²) in [6.45, 7) is 2.19. The van der Waals surface area contributed by atoms with E-state index in [1.807, 2.05) is 12.1 Å². The van der Waals surface area contributed by atoms with E-state index < -0.39 is 0 Å². The van der Waals surface area contributed by atoms with Gasteiger partial charge in [0, 0.05) is 25.4 Å². The van der Waals surface area contributed by atoms with E-state index in [0.717, 1.165) is 30.9 Å². The zero-order chi connectivity index (χ0) is 12.8. The summed E-state index contributed by atoms with van der Waals surface area (Å²) in [7, 11) is 0. The van der Waals surface area contributed by atoms with Crippen molar-refractivity contribution in [1.29, 1.82) is 0 Å². The number of nitrogen functional groups attached to an aromatic ring is 1. The molecule has 0 radical (unpaired) electrons. The van der Waals surface area contributed by atoms with Crippen LogP contribution in [0, 0.1) is 0 Å². The third-order valence-corrected chi connectivity index (χ3v) is 3.56. The Morgan fingerprint density at radius 3 is 3.17 bits per heavy atom. The summed E-state index contributed by atoms with van der Waals surface area (Å²) in [5.74, 6) is 5.40. The number of anilines is 1. The van der Waals surface area contributed by atoms with Crippen molar-refractivity contribution in [2.75, 3.05) is 18.6 Å². The SMILES string of the molecule is NNc1ccnc(CN2CCCCC2CCO)c1. The zero-order valence-electron chi connectivity index (χ0n) is 10.7. The molecule has 2 heterocycles. The number of hydrogen-bond donors (Lipinski definition) is 3. The molecule has 1 atom stereocenters. The monoisotopic (exact) mass is 250 g/mol. The molecule has 5 heteroatoms. The predicted octanol–water partition coefficient (Wildman–Crippen LogP) is 1.10. The first kappa shape index (κ1) is 13.3. The van der Waals surface area contributed by atoms with E-state index in [2.05, 4.69) is 15.3 Å². The fraction of sp³-hybridized carbons (Fsp3) is 0.615. The minimum Gasteiger partial charge on any atom is -0.396 e. The smallest absolute Gasteiger partial charge is 0.0565 e. The van der Waals surface area contributed by atoms with Gasteiger partial charge in [0.1, 0.15) is 0 Å². The summed E-state index contributed by atoms with van der Waals surface area (Å²) in [5.41, 5.74) is 4.55. The van der Waals surface area contributed by atoms with Crippen molar-refractivity contribution >= 4 is 5.69 Å². The number of hydrazine groups is 1. The minimum atomic E-state index is 0.263. The zero-order valence-corrected chi connectivity index (χ0v) is 10.7. The van der Waals surface area contributed by atoms with Crippen LogP contribution in [0.4, 0.5) is 5.69 Å². The molecule has 0 aliphatic carbocycles. The summed E-state index contributed by atoms with van der Waals surface area (Å²) in [5, 5.41) is 9.12. The standard InChI is InChI=1S/C13H22N4O/c14-16-11-4-6-15-12(9-11)10-17-7-2-1-3-13(17)5-8-18/h4,6,9,13,18H,1-3,5,7-8,10,14H2,(H,15,16). The van der Waals surface area contributed by atoms with Gasteiger partial charge in [-0.2, -0.15) is 0 Å². The van der Waals surface area contributed by atoms with Crippen LogP contribution in [-0.2, 0) is 6.54 Å². The highest BCUT2D eigenvalue weighted by Gasteiger charge is 2.22. The molecule has 1 aliphatic rings. The number of pyridine rings is 1. The second-order valence-electron chi connectivity index (χ2n) is 4.81.